The Morgan fingerprint density at radius 3 is 2.75 bits per heavy atom. The third kappa shape index (κ3) is 4.76. The number of thioether (sulfide) groups is 1. The normalized spacial score (nSPS) is 24.6. The summed E-state index contributed by atoms with van der Waals surface area (Å²) in [4.78, 5) is 1.32. The standard InChI is InChI=1S/C16H25BrN2S/c1-2-12-4-3-5-13(10-12)16(19-18)11-20-15-8-6-14(17)7-9-15/h6-9,12-13,16,19H,2-5,10-11,18H2,1H3. The summed E-state index contributed by atoms with van der Waals surface area (Å²) in [5.41, 5.74) is 3.07. The van der Waals surface area contributed by atoms with E-state index in [0.29, 0.717) is 6.04 Å². The van der Waals surface area contributed by atoms with E-state index in [0.717, 1.165) is 22.1 Å². The second-order valence-corrected chi connectivity index (χ2v) is 7.75. The zero-order valence-electron chi connectivity index (χ0n) is 12.1. The van der Waals surface area contributed by atoms with E-state index in [-0.39, 0.29) is 0 Å². The van der Waals surface area contributed by atoms with Gasteiger partial charge in [-0.25, -0.2) is 0 Å². The number of nitrogens with two attached hydrogens (primary N) is 1. The molecule has 1 aliphatic rings. The van der Waals surface area contributed by atoms with Gasteiger partial charge in [0.1, 0.15) is 0 Å². The Bertz CT molecular complexity index is 396. The number of hydrazine groups is 1. The Balaban J connectivity index is 1.86. The van der Waals surface area contributed by atoms with Gasteiger partial charge in [-0.1, -0.05) is 42.1 Å². The minimum absolute atomic E-state index is 0.429. The average Bonchev–Trinajstić information content (AvgIpc) is 2.50. The molecule has 3 unspecified atom stereocenters. The lowest BCUT2D eigenvalue weighted by molar-refractivity contribution is 0.219. The number of hydrogen-bond acceptors (Lipinski definition) is 3. The van der Waals surface area contributed by atoms with Gasteiger partial charge in [0.25, 0.3) is 0 Å². The fourth-order valence-electron chi connectivity index (χ4n) is 3.11. The maximum atomic E-state index is 5.81. The summed E-state index contributed by atoms with van der Waals surface area (Å²) in [6.07, 6.45) is 6.75. The second kappa shape index (κ2) is 8.42. The monoisotopic (exact) mass is 356 g/mol. The molecule has 4 heteroatoms. The lowest BCUT2D eigenvalue weighted by Crippen LogP contribution is -2.44. The lowest BCUT2D eigenvalue weighted by atomic mass is 9.77. The second-order valence-electron chi connectivity index (χ2n) is 5.74. The van der Waals surface area contributed by atoms with Gasteiger partial charge in [0.2, 0.25) is 0 Å². The molecule has 1 aliphatic carbocycles. The molecule has 2 nitrogen and oxygen atoms in total. The van der Waals surface area contributed by atoms with Crippen molar-refractivity contribution in [3.8, 4) is 0 Å². The number of hydrogen-bond donors (Lipinski definition) is 2. The van der Waals surface area contributed by atoms with E-state index in [1.54, 1.807) is 0 Å². The highest BCUT2D eigenvalue weighted by atomic mass is 79.9. The maximum Gasteiger partial charge on any atom is 0.0332 e. The summed E-state index contributed by atoms with van der Waals surface area (Å²) in [6.45, 7) is 2.31. The quantitative estimate of drug-likeness (QED) is 0.444. The van der Waals surface area contributed by atoms with Gasteiger partial charge in [0, 0.05) is 21.2 Å². The van der Waals surface area contributed by atoms with Crippen molar-refractivity contribution in [2.45, 2.75) is 50.0 Å². The summed E-state index contributed by atoms with van der Waals surface area (Å²) in [5.74, 6) is 8.51. The summed E-state index contributed by atoms with van der Waals surface area (Å²) >= 11 is 5.38. The van der Waals surface area contributed by atoms with Gasteiger partial charge in [-0.15, -0.1) is 11.8 Å². The molecule has 0 radical (unpaired) electrons. The van der Waals surface area contributed by atoms with Crippen LogP contribution in [0.25, 0.3) is 0 Å². The SMILES string of the molecule is CCC1CCCC(C(CSc2ccc(Br)cc2)NN)C1. The zero-order chi connectivity index (χ0) is 14.4. The largest absolute Gasteiger partial charge is 0.271 e. The van der Waals surface area contributed by atoms with Crippen LogP contribution in [0.15, 0.2) is 33.6 Å². The number of halogens is 1. The smallest absolute Gasteiger partial charge is 0.0332 e. The van der Waals surface area contributed by atoms with E-state index in [4.69, 9.17) is 5.84 Å². The minimum Gasteiger partial charge on any atom is -0.271 e. The van der Waals surface area contributed by atoms with Crippen LogP contribution in [0.2, 0.25) is 0 Å². The molecule has 0 amide bonds. The minimum atomic E-state index is 0.429. The highest BCUT2D eigenvalue weighted by molar-refractivity contribution is 9.10. The van der Waals surface area contributed by atoms with Crippen LogP contribution in [-0.4, -0.2) is 11.8 Å². The molecular formula is C16H25BrN2S. The van der Waals surface area contributed by atoms with Gasteiger partial charge < -0.3 is 0 Å². The van der Waals surface area contributed by atoms with Crippen LogP contribution in [-0.2, 0) is 0 Å². The van der Waals surface area contributed by atoms with Gasteiger partial charge in [-0.05, 0) is 48.9 Å². The van der Waals surface area contributed by atoms with Crippen LogP contribution < -0.4 is 11.3 Å². The third-order valence-electron chi connectivity index (χ3n) is 4.43. The van der Waals surface area contributed by atoms with Crippen molar-refractivity contribution in [3.63, 3.8) is 0 Å². The Labute approximate surface area is 135 Å². The molecule has 0 aliphatic heterocycles. The van der Waals surface area contributed by atoms with Gasteiger partial charge in [-0.3, -0.25) is 11.3 Å². The van der Waals surface area contributed by atoms with Crippen LogP contribution in [0.4, 0.5) is 0 Å². The fourth-order valence-corrected chi connectivity index (χ4v) is 4.44. The van der Waals surface area contributed by atoms with Crippen molar-refractivity contribution >= 4 is 27.7 Å². The first-order chi connectivity index (χ1) is 9.72. The van der Waals surface area contributed by atoms with Crippen molar-refractivity contribution in [2.24, 2.45) is 17.7 Å². The van der Waals surface area contributed by atoms with Gasteiger partial charge in [0.05, 0.1) is 0 Å². The molecular weight excluding hydrogens is 332 g/mol. The molecule has 2 rings (SSSR count). The van der Waals surface area contributed by atoms with Crippen LogP contribution in [0, 0.1) is 11.8 Å². The van der Waals surface area contributed by atoms with E-state index >= 15 is 0 Å². The molecule has 20 heavy (non-hydrogen) atoms. The van der Waals surface area contributed by atoms with Crippen molar-refractivity contribution in [3.05, 3.63) is 28.7 Å². The summed E-state index contributed by atoms with van der Waals surface area (Å²) in [7, 11) is 0. The van der Waals surface area contributed by atoms with Crippen LogP contribution >= 0.6 is 27.7 Å². The molecule has 0 aromatic heterocycles. The van der Waals surface area contributed by atoms with Crippen LogP contribution in [0.5, 0.6) is 0 Å². The van der Waals surface area contributed by atoms with E-state index in [2.05, 4.69) is 52.5 Å². The van der Waals surface area contributed by atoms with Gasteiger partial charge in [0.15, 0.2) is 0 Å². The van der Waals surface area contributed by atoms with Crippen molar-refractivity contribution in [1.82, 2.24) is 5.43 Å². The van der Waals surface area contributed by atoms with E-state index in [1.165, 1.54) is 37.0 Å². The van der Waals surface area contributed by atoms with Crippen molar-refractivity contribution in [2.75, 3.05) is 5.75 Å². The first-order valence-corrected chi connectivity index (χ1v) is 9.35. The van der Waals surface area contributed by atoms with Crippen LogP contribution in [0.3, 0.4) is 0 Å². The highest BCUT2D eigenvalue weighted by Gasteiger charge is 2.27. The molecule has 0 spiro atoms. The van der Waals surface area contributed by atoms with Crippen molar-refractivity contribution in [1.29, 1.82) is 0 Å². The highest BCUT2D eigenvalue weighted by Crippen LogP contribution is 2.34. The molecule has 0 bridgehead atoms. The van der Waals surface area contributed by atoms with Crippen molar-refractivity contribution < 1.29 is 0 Å². The topological polar surface area (TPSA) is 38.0 Å². The molecule has 1 fully saturated rings. The zero-order valence-corrected chi connectivity index (χ0v) is 14.6. The number of benzene rings is 1. The number of nitrogens with one attached hydrogen (secondary N) is 1. The fraction of sp³-hybridized carbons (Fsp3) is 0.625. The molecule has 1 aromatic rings. The van der Waals surface area contributed by atoms with Gasteiger partial charge in [-0.2, -0.15) is 0 Å². The molecule has 0 heterocycles. The Morgan fingerprint density at radius 2 is 2.10 bits per heavy atom. The molecule has 1 saturated carbocycles. The lowest BCUT2D eigenvalue weighted by Gasteiger charge is -2.33. The maximum absolute atomic E-state index is 5.81. The molecule has 3 atom stereocenters. The average molecular weight is 357 g/mol. The number of rotatable bonds is 6. The molecule has 112 valence electrons. The molecule has 3 N–H and O–H groups in total. The molecule has 0 saturated heterocycles. The van der Waals surface area contributed by atoms with E-state index in [9.17, 15) is 0 Å². The Morgan fingerprint density at radius 1 is 1.35 bits per heavy atom. The van der Waals surface area contributed by atoms with Gasteiger partial charge >= 0.3 is 0 Å². The summed E-state index contributed by atoms with van der Waals surface area (Å²) < 4.78 is 1.13. The predicted molar refractivity (Wildman–Crippen MR) is 91.7 cm³/mol. The first-order valence-electron chi connectivity index (χ1n) is 7.57. The van der Waals surface area contributed by atoms with E-state index < -0.39 is 0 Å². The van der Waals surface area contributed by atoms with Crippen LogP contribution in [0.1, 0.15) is 39.0 Å². The molecule has 1 aromatic carbocycles. The Kier molecular flexibility index (Phi) is 6.88. The Hall–Kier alpha value is -0.0300. The predicted octanol–water partition coefficient (Wildman–Crippen LogP) is 4.59. The summed E-state index contributed by atoms with van der Waals surface area (Å²) in [5, 5.41) is 0. The summed E-state index contributed by atoms with van der Waals surface area (Å²) in [6, 6.07) is 8.95. The first kappa shape index (κ1) is 16.3. The third-order valence-corrected chi connectivity index (χ3v) is 6.09. The van der Waals surface area contributed by atoms with E-state index in [1.807, 2.05) is 11.8 Å².